The van der Waals surface area contributed by atoms with E-state index in [0.29, 0.717) is 18.4 Å². The van der Waals surface area contributed by atoms with Crippen LogP contribution in [0.1, 0.15) is 56.8 Å². The van der Waals surface area contributed by atoms with Gasteiger partial charge in [-0.2, -0.15) is 21.6 Å². The Morgan fingerprint density at radius 1 is 0.650 bits per heavy atom. The van der Waals surface area contributed by atoms with Gasteiger partial charge in [-0.15, -0.1) is 0 Å². The molecule has 0 fully saturated rings. The molecule has 0 amide bonds. The van der Waals surface area contributed by atoms with Gasteiger partial charge >= 0.3 is 15.6 Å². The van der Waals surface area contributed by atoms with Crippen LogP contribution in [-0.4, -0.2) is 25.5 Å². The average Bonchev–Trinajstić information content (AvgIpc) is 2.94. The van der Waals surface area contributed by atoms with Crippen LogP contribution in [0.5, 0.6) is 5.75 Å². The summed E-state index contributed by atoms with van der Waals surface area (Å²) in [6, 6.07) is 20.7. The summed E-state index contributed by atoms with van der Waals surface area (Å²) in [5.41, 5.74) is -3.34. The smallest absolute Gasteiger partial charge is 0.375 e. The summed E-state index contributed by atoms with van der Waals surface area (Å²) in [6.07, 6.45) is 1.38. The minimum Gasteiger partial charge on any atom is -0.375 e. The Morgan fingerprint density at radius 3 is 1.60 bits per heavy atom. The highest BCUT2D eigenvalue weighted by Gasteiger charge is 2.49. The van der Waals surface area contributed by atoms with Crippen LogP contribution in [-0.2, 0) is 23.0 Å². The molecule has 204 valence electrons. The van der Waals surface area contributed by atoms with E-state index >= 15 is 0 Å². The van der Waals surface area contributed by atoms with Crippen LogP contribution < -0.4 is 4.18 Å². The third-order valence-corrected chi connectivity index (χ3v) is 7.93. The van der Waals surface area contributed by atoms with E-state index in [9.17, 15) is 31.2 Å². The molecule has 0 radical (unpaired) electrons. The average molecular weight is 565 g/mol. The molecule has 0 atom stereocenters. The molecule has 1 aliphatic carbocycles. The Morgan fingerprint density at radius 2 is 1.12 bits per heavy atom. The largest absolute Gasteiger partial charge is 0.534 e. The molecule has 0 saturated carbocycles. The van der Waals surface area contributed by atoms with Crippen molar-refractivity contribution in [1.29, 1.82) is 0 Å². The molecule has 5 nitrogen and oxygen atoms in total. The molecule has 40 heavy (non-hydrogen) atoms. The number of carbonyl (C=O) groups is 2. The van der Waals surface area contributed by atoms with E-state index in [2.05, 4.69) is 0 Å². The maximum Gasteiger partial charge on any atom is 0.534 e. The Bertz CT molecular complexity index is 1750. The highest BCUT2D eigenvalue weighted by molar-refractivity contribution is 7.88. The number of benzene rings is 4. The number of aryl methyl sites for hydroxylation is 2. The van der Waals surface area contributed by atoms with Gasteiger partial charge in [0, 0.05) is 27.8 Å². The van der Waals surface area contributed by atoms with Crippen molar-refractivity contribution < 1.29 is 35.4 Å². The molecule has 0 spiro atoms. The monoisotopic (exact) mass is 564 g/mol. The minimum absolute atomic E-state index is 0.0285. The standard InChI is InChI=1S/C31H23F3O5S/c1-3-18-9-13-20(14-10-18)24-17-25(39-40(37,38)31(32,33)34)26(21-15-11-19(4-2)12-16-21)28-27(24)29(35)22-7-5-6-8-23(22)30(28)36/h5-17H,3-4H2,1-2H3. The molecule has 9 heteroatoms. The summed E-state index contributed by atoms with van der Waals surface area (Å²) in [4.78, 5) is 27.9. The van der Waals surface area contributed by atoms with Crippen molar-refractivity contribution in [3.05, 3.63) is 112 Å². The van der Waals surface area contributed by atoms with Crippen LogP contribution >= 0.6 is 0 Å². The zero-order valence-corrected chi connectivity index (χ0v) is 22.3. The molecule has 0 aliphatic heterocycles. The molecular formula is C31H23F3O5S. The normalized spacial score (nSPS) is 13.1. The molecule has 4 aromatic rings. The summed E-state index contributed by atoms with van der Waals surface area (Å²) in [5, 5.41) is 0. The van der Waals surface area contributed by atoms with Gasteiger partial charge in [-0.3, -0.25) is 9.59 Å². The second-order valence-corrected chi connectivity index (χ2v) is 10.9. The fourth-order valence-electron chi connectivity index (χ4n) is 4.84. The first kappa shape index (κ1) is 27.3. The van der Waals surface area contributed by atoms with Crippen LogP contribution in [0, 0.1) is 0 Å². The van der Waals surface area contributed by atoms with Gasteiger partial charge in [-0.1, -0.05) is 86.6 Å². The van der Waals surface area contributed by atoms with E-state index in [1.807, 2.05) is 13.8 Å². The predicted octanol–water partition coefficient (Wildman–Crippen LogP) is 7.15. The lowest BCUT2D eigenvalue weighted by atomic mass is 9.76. The first-order valence-corrected chi connectivity index (χ1v) is 14.0. The Hall–Kier alpha value is -4.24. The summed E-state index contributed by atoms with van der Waals surface area (Å²) in [7, 11) is -6.12. The van der Waals surface area contributed by atoms with Crippen molar-refractivity contribution in [2.75, 3.05) is 0 Å². The fraction of sp³-hybridized carbons (Fsp3) is 0.161. The molecule has 0 heterocycles. The molecule has 4 aromatic carbocycles. The first-order chi connectivity index (χ1) is 19.0. The Labute approximate surface area is 229 Å². The third-order valence-electron chi connectivity index (χ3n) is 6.97. The maximum absolute atomic E-state index is 14.0. The van der Waals surface area contributed by atoms with Gasteiger partial charge in [0.2, 0.25) is 0 Å². The Kier molecular flexibility index (Phi) is 6.87. The molecule has 0 saturated heterocycles. The lowest BCUT2D eigenvalue weighted by molar-refractivity contribution is -0.0499. The van der Waals surface area contributed by atoms with Gasteiger partial charge < -0.3 is 4.18 Å². The lowest BCUT2D eigenvalue weighted by Crippen LogP contribution is -2.29. The molecule has 0 aromatic heterocycles. The van der Waals surface area contributed by atoms with E-state index in [1.54, 1.807) is 60.7 Å². The zero-order chi connectivity index (χ0) is 28.8. The number of ketones is 2. The number of hydrogen-bond acceptors (Lipinski definition) is 5. The van der Waals surface area contributed by atoms with Gasteiger partial charge in [-0.05, 0) is 46.7 Å². The van der Waals surface area contributed by atoms with E-state index in [4.69, 9.17) is 4.18 Å². The minimum atomic E-state index is -6.12. The van der Waals surface area contributed by atoms with Crippen LogP contribution in [0.25, 0.3) is 22.3 Å². The summed E-state index contributed by atoms with van der Waals surface area (Å²) >= 11 is 0. The molecule has 0 bridgehead atoms. The second-order valence-electron chi connectivity index (χ2n) is 9.34. The number of hydrogen-bond donors (Lipinski definition) is 0. The number of alkyl halides is 3. The van der Waals surface area contributed by atoms with Gasteiger partial charge in [-0.25, -0.2) is 0 Å². The number of halogens is 3. The fourth-order valence-corrected chi connectivity index (χ4v) is 5.30. The lowest BCUT2D eigenvalue weighted by Gasteiger charge is -2.25. The Balaban J connectivity index is 1.90. The van der Waals surface area contributed by atoms with Crippen molar-refractivity contribution in [2.45, 2.75) is 32.2 Å². The van der Waals surface area contributed by atoms with Gasteiger partial charge in [0.25, 0.3) is 0 Å². The molecule has 0 unspecified atom stereocenters. The second kappa shape index (κ2) is 10.1. The predicted molar refractivity (Wildman–Crippen MR) is 145 cm³/mol. The van der Waals surface area contributed by atoms with Crippen molar-refractivity contribution in [1.82, 2.24) is 0 Å². The first-order valence-electron chi connectivity index (χ1n) is 12.6. The highest BCUT2D eigenvalue weighted by Crippen LogP contribution is 2.46. The topological polar surface area (TPSA) is 77.5 Å². The van der Waals surface area contributed by atoms with Crippen LogP contribution in [0.15, 0.2) is 78.9 Å². The number of fused-ring (bicyclic) bond motifs is 2. The van der Waals surface area contributed by atoms with Gasteiger partial charge in [0.15, 0.2) is 17.3 Å². The number of carbonyl (C=O) groups excluding carboxylic acids is 2. The van der Waals surface area contributed by atoms with Crippen LogP contribution in [0.2, 0.25) is 0 Å². The molecule has 1 aliphatic rings. The summed E-state index contributed by atoms with van der Waals surface area (Å²) in [5.74, 6) is -1.83. The molecular weight excluding hydrogens is 541 g/mol. The SMILES string of the molecule is CCc1ccc(-c2cc(OS(=O)(=O)C(F)(F)F)c(-c3ccc(CC)cc3)c3c2C(=O)c2ccccc2C3=O)cc1. The van der Waals surface area contributed by atoms with Crippen molar-refractivity contribution in [3.63, 3.8) is 0 Å². The third kappa shape index (κ3) is 4.60. The highest BCUT2D eigenvalue weighted by atomic mass is 32.2. The summed E-state index contributed by atoms with van der Waals surface area (Å²) < 4.78 is 69.7. The van der Waals surface area contributed by atoms with E-state index < -0.39 is 32.9 Å². The van der Waals surface area contributed by atoms with Crippen molar-refractivity contribution in [2.24, 2.45) is 0 Å². The quantitative estimate of drug-likeness (QED) is 0.162. The van der Waals surface area contributed by atoms with E-state index in [1.165, 1.54) is 12.1 Å². The summed E-state index contributed by atoms with van der Waals surface area (Å²) in [6.45, 7) is 3.86. The zero-order valence-electron chi connectivity index (χ0n) is 21.5. The van der Waals surface area contributed by atoms with Crippen molar-refractivity contribution in [3.8, 4) is 28.0 Å². The van der Waals surface area contributed by atoms with Crippen LogP contribution in [0.3, 0.4) is 0 Å². The molecule has 0 N–H and O–H groups in total. The van der Waals surface area contributed by atoms with Crippen molar-refractivity contribution >= 4 is 21.7 Å². The van der Waals surface area contributed by atoms with E-state index in [-0.39, 0.29) is 38.9 Å². The van der Waals surface area contributed by atoms with Gasteiger partial charge in [0.1, 0.15) is 0 Å². The number of rotatable bonds is 6. The maximum atomic E-state index is 14.0. The van der Waals surface area contributed by atoms with E-state index in [0.717, 1.165) is 17.2 Å². The van der Waals surface area contributed by atoms with Gasteiger partial charge in [0.05, 0.1) is 0 Å². The van der Waals surface area contributed by atoms with Crippen LogP contribution in [0.4, 0.5) is 13.2 Å². The molecule has 5 rings (SSSR count).